The molecule has 0 saturated carbocycles. The van der Waals surface area contributed by atoms with Crippen LogP contribution in [0.15, 0.2) is 18.2 Å². The summed E-state index contributed by atoms with van der Waals surface area (Å²) in [4.78, 5) is 12.0. The highest BCUT2D eigenvalue weighted by Crippen LogP contribution is 2.31. The first-order valence-corrected chi connectivity index (χ1v) is 6.34. The van der Waals surface area contributed by atoms with Crippen molar-refractivity contribution in [3.63, 3.8) is 0 Å². The molecule has 1 atom stereocenters. The first kappa shape index (κ1) is 17.2. The highest BCUT2D eigenvalue weighted by atomic mass is 19.3. The molecule has 1 aromatic rings. The van der Waals surface area contributed by atoms with Crippen molar-refractivity contribution in [1.82, 2.24) is 0 Å². The fourth-order valence-corrected chi connectivity index (χ4v) is 1.56. The third-order valence-electron chi connectivity index (χ3n) is 2.86. The Hall–Kier alpha value is -1.89. The van der Waals surface area contributed by atoms with Crippen molar-refractivity contribution in [2.75, 3.05) is 12.4 Å². The van der Waals surface area contributed by atoms with Crippen LogP contribution in [0.3, 0.4) is 0 Å². The average molecular weight is 302 g/mol. The second-order valence-corrected chi connectivity index (χ2v) is 5.58. The monoisotopic (exact) mass is 302 g/mol. The van der Waals surface area contributed by atoms with Crippen molar-refractivity contribution in [2.45, 2.75) is 33.4 Å². The molecule has 0 bridgehead atoms. The lowest BCUT2D eigenvalue weighted by Crippen LogP contribution is -2.45. The zero-order chi connectivity index (χ0) is 16.2. The quantitative estimate of drug-likeness (QED) is 0.877. The van der Waals surface area contributed by atoms with Crippen molar-refractivity contribution in [3.8, 4) is 11.5 Å². The molecule has 1 amide bonds. The number of anilines is 1. The Morgan fingerprint density at radius 2 is 1.90 bits per heavy atom. The minimum absolute atomic E-state index is 0.147. The van der Waals surface area contributed by atoms with Gasteiger partial charge in [-0.25, -0.2) is 0 Å². The van der Waals surface area contributed by atoms with E-state index in [0.717, 1.165) is 0 Å². The molecule has 7 heteroatoms. The van der Waals surface area contributed by atoms with Gasteiger partial charge >= 0.3 is 6.61 Å². The molecule has 0 aromatic heterocycles. The second kappa shape index (κ2) is 6.71. The number of amides is 1. The maximum Gasteiger partial charge on any atom is 0.387 e. The van der Waals surface area contributed by atoms with E-state index in [2.05, 4.69) is 10.1 Å². The molecule has 0 fully saturated rings. The molecule has 1 aromatic carbocycles. The van der Waals surface area contributed by atoms with Crippen LogP contribution in [0.4, 0.5) is 14.5 Å². The summed E-state index contributed by atoms with van der Waals surface area (Å²) in [5, 5.41) is 2.57. The van der Waals surface area contributed by atoms with E-state index in [9.17, 15) is 13.6 Å². The fourth-order valence-electron chi connectivity index (χ4n) is 1.56. The van der Waals surface area contributed by atoms with E-state index in [0.29, 0.717) is 5.69 Å². The van der Waals surface area contributed by atoms with Crippen molar-refractivity contribution in [2.24, 2.45) is 11.1 Å². The van der Waals surface area contributed by atoms with Gasteiger partial charge in [-0.15, -0.1) is 0 Å². The molecular formula is C14H20F2N2O3. The molecule has 1 rings (SSSR count). The zero-order valence-electron chi connectivity index (χ0n) is 12.4. The lowest BCUT2D eigenvalue weighted by Gasteiger charge is -2.25. The molecule has 21 heavy (non-hydrogen) atoms. The number of ether oxygens (including phenoxy) is 2. The summed E-state index contributed by atoms with van der Waals surface area (Å²) in [6, 6.07) is 3.47. The molecule has 0 aliphatic rings. The first-order chi connectivity index (χ1) is 9.65. The maximum absolute atomic E-state index is 12.3. The van der Waals surface area contributed by atoms with Crippen LogP contribution in [-0.4, -0.2) is 25.7 Å². The van der Waals surface area contributed by atoms with Crippen LogP contribution in [0.5, 0.6) is 11.5 Å². The fraction of sp³-hybridized carbons (Fsp3) is 0.500. The van der Waals surface area contributed by atoms with Crippen LogP contribution in [0.1, 0.15) is 20.8 Å². The van der Waals surface area contributed by atoms with Crippen LogP contribution in [0.2, 0.25) is 0 Å². The van der Waals surface area contributed by atoms with Gasteiger partial charge in [-0.2, -0.15) is 8.78 Å². The van der Waals surface area contributed by atoms with Gasteiger partial charge in [0.05, 0.1) is 13.2 Å². The predicted molar refractivity (Wildman–Crippen MR) is 75.7 cm³/mol. The van der Waals surface area contributed by atoms with Crippen LogP contribution < -0.4 is 20.5 Å². The largest absolute Gasteiger partial charge is 0.493 e. The summed E-state index contributed by atoms with van der Waals surface area (Å²) in [5.74, 6) is -0.418. The number of alkyl halides is 2. The number of rotatable bonds is 5. The number of carbonyl (C=O) groups is 1. The summed E-state index contributed by atoms with van der Waals surface area (Å²) in [6.07, 6.45) is 0. The molecule has 0 heterocycles. The van der Waals surface area contributed by atoms with Gasteiger partial charge in [0, 0.05) is 11.8 Å². The molecular weight excluding hydrogens is 282 g/mol. The third-order valence-corrected chi connectivity index (χ3v) is 2.86. The molecule has 0 unspecified atom stereocenters. The Balaban J connectivity index is 2.92. The molecule has 0 spiro atoms. The van der Waals surface area contributed by atoms with E-state index in [4.69, 9.17) is 10.5 Å². The van der Waals surface area contributed by atoms with Crippen molar-refractivity contribution in [3.05, 3.63) is 18.2 Å². The Morgan fingerprint density at radius 3 is 2.38 bits per heavy atom. The number of nitrogens with one attached hydrogen (secondary N) is 1. The second-order valence-electron chi connectivity index (χ2n) is 5.58. The van der Waals surface area contributed by atoms with Gasteiger partial charge in [0.15, 0.2) is 11.5 Å². The lowest BCUT2D eigenvalue weighted by molar-refractivity contribution is -0.119. The minimum atomic E-state index is -2.98. The van der Waals surface area contributed by atoms with E-state index in [1.165, 1.54) is 25.3 Å². The summed E-state index contributed by atoms with van der Waals surface area (Å²) < 4.78 is 33.9. The molecule has 0 aliphatic carbocycles. The van der Waals surface area contributed by atoms with Crippen molar-refractivity contribution < 1.29 is 23.0 Å². The standard InChI is InChI=1S/C14H20F2N2O3/c1-14(2,3)11(17)12(19)18-8-5-6-9(20-4)10(7-8)21-13(15)16/h5-7,11,13H,17H2,1-4H3,(H,18,19)/t11-/m0/s1. The highest BCUT2D eigenvalue weighted by Gasteiger charge is 2.27. The molecule has 5 nitrogen and oxygen atoms in total. The van der Waals surface area contributed by atoms with Crippen LogP contribution >= 0.6 is 0 Å². The van der Waals surface area contributed by atoms with Crippen molar-refractivity contribution >= 4 is 11.6 Å². The minimum Gasteiger partial charge on any atom is -0.493 e. The van der Waals surface area contributed by atoms with Crippen LogP contribution in [0, 0.1) is 5.41 Å². The third kappa shape index (κ3) is 4.86. The number of halogens is 2. The van der Waals surface area contributed by atoms with E-state index >= 15 is 0 Å². The number of hydrogen-bond acceptors (Lipinski definition) is 4. The first-order valence-electron chi connectivity index (χ1n) is 6.34. The molecule has 118 valence electrons. The summed E-state index contributed by atoms with van der Waals surface area (Å²) in [7, 11) is 1.33. The Bertz CT molecular complexity index is 501. The average Bonchev–Trinajstić information content (AvgIpc) is 2.36. The topological polar surface area (TPSA) is 73.6 Å². The molecule has 0 radical (unpaired) electrons. The summed E-state index contributed by atoms with van der Waals surface area (Å²) >= 11 is 0. The van der Waals surface area contributed by atoms with Gasteiger partial charge in [-0.05, 0) is 17.5 Å². The lowest BCUT2D eigenvalue weighted by atomic mass is 9.87. The van der Waals surface area contributed by atoms with E-state index in [1.54, 1.807) is 0 Å². The SMILES string of the molecule is COc1ccc(NC(=O)[C@H](N)C(C)(C)C)cc1OC(F)F. The van der Waals surface area contributed by atoms with Crippen LogP contribution in [0.25, 0.3) is 0 Å². The van der Waals surface area contributed by atoms with Crippen LogP contribution in [-0.2, 0) is 4.79 Å². The number of nitrogens with two attached hydrogens (primary N) is 1. The van der Waals surface area contributed by atoms with E-state index in [1.807, 2.05) is 20.8 Å². The smallest absolute Gasteiger partial charge is 0.387 e. The zero-order valence-corrected chi connectivity index (χ0v) is 12.4. The van der Waals surface area contributed by atoms with E-state index in [-0.39, 0.29) is 11.5 Å². The Labute approximate surface area is 122 Å². The molecule has 3 N–H and O–H groups in total. The van der Waals surface area contributed by atoms with Gasteiger partial charge in [0.1, 0.15) is 0 Å². The van der Waals surface area contributed by atoms with Gasteiger partial charge in [0.25, 0.3) is 0 Å². The summed E-state index contributed by atoms with van der Waals surface area (Å²) in [5.41, 5.74) is 5.71. The number of hydrogen-bond donors (Lipinski definition) is 2. The number of benzene rings is 1. The number of methoxy groups -OCH3 is 1. The van der Waals surface area contributed by atoms with Gasteiger partial charge in [-0.3, -0.25) is 4.79 Å². The molecule has 0 saturated heterocycles. The maximum atomic E-state index is 12.3. The predicted octanol–water partition coefficient (Wildman–Crippen LogP) is 2.61. The van der Waals surface area contributed by atoms with Gasteiger partial charge < -0.3 is 20.5 Å². The van der Waals surface area contributed by atoms with E-state index < -0.39 is 24.0 Å². The van der Waals surface area contributed by atoms with Gasteiger partial charge in [0.2, 0.25) is 5.91 Å². The van der Waals surface area contributed by atoms with Crippen molar-refractivity contribution in [1.29, 1.82) is 0 Å². The Kier molecular flexibility index (Phi) is 5.48. The number of carbonyl (C=O) groups excluding carboxylic acids is 1. The van der Waals surface area contributed by atoms with Gasteiger partial charge in [-0.1, -0.05) is 20.8 Å². The highest BCUT2D eigenvalue weighted by molar-refractivity contribution is 5.95. The molecule has 0 aliphatic heterocycles. The Morgan fingerprint density at radius 1 is 1.29 bits per heavy atom. The normalized spacial score (nSPS) is 13.0. The summed E-state index contributed by atoms with van der Waals surface area (Å²) in [6.45, 7) is 2.51.